The second-order valence-electron chi connectivity index (χ2n) is 6.07. The topological polar surface area (TPSA) is 83.0 Å². The lowest BCUT2D eigenvalue weighted by Gasteiger charge is -2.32. The molecule has 0 aromatic heterocycles. The van der Waals surface area contributed by atoms with Gasteiger partial charge in [0, 0.05) is 31.2 Å². The van der Waals surface area contributed by atoms with Crippen LogP contribution < -0.4 is 15.4 Å². The number of hydrogen-bond acceptors (Lipinski definition) is 4. The lowest BCUT2D eigenvalue weighted by atomic mass is 10.1. The first-order valence-electron chi connectivity index (χ1n) is 8.55. The molecule has 7 nitrogen and oxygen atoms in total. The van der Waals surface area contributed by atoms with E-state index in [4.69, 9.17) is 16.3 Å². The van der Waals surface area contributed by atoms with Crippen LogP contribution in [0.2, 0.25) is 5.02 Å². The van der Waals surface area contributed by atoms with Crippen LogP contribution in [0.15, 0.2) is 29.3 Å². The molecule has 1 aliphatic heterocycles. The van der Waals surface area contributed by atoms with Gasteiger partial charge in [0.05, 0.1) is 6.54 Å². The van der Waals surface area contributed by atoms with Crippen LogP contribution in [0.4, 0.5) is 13.2 Å². The molecule has 1 fully saturated rings. The molecule has 0 atom stereocenters. The maximum atomic E-state index is 12.6. The molecular formula is C16H23ClF3IN4O3S. The molecule has 1 aromatic carbocycles. The summed E-state index contributed by atoms with van der Waals surface area (Å²) in [6.45, 7) is 0.388. The number of alkyl halides is 3. The molecule has 1 aliphatic rings. The zero-order chi connectivity index (χ0) is 20.8. The molecule has 0 radical (unpaired) electrons. The highest BCUT2D eigenvalue weighted by atomic mass is 127. The van der Waals surface area contributed by atoms with Crippen molar-refractivity contribution in [1.82, 2.24) is 14.9 Å². The number of piperidine rings is 1. The summed E-state index contributed by atoms with van der Waals surface area (Å²) in [4.78, 5) is 4.05. The van der Waals surface area contributed by atoms with E-state index in [9.17, 15) is 21.6 Å². The van der Waals surface area contributed by atoms with E-state index in [0.717, 1.165) is 0 Å². The van der Waals surface area contributed by atoms with Gasteiger partial charge in [-0.2, -0.15) is 17.5 Å². The Morgan fingerprint density at radius 1 is 1.34 bits per heavy atom. The Morgan fingerprint density at radius 2 is 2.00 bits per heavy atom. The van der Waals surface area contributed by atoms with Crippen molar-refractivity contribution in [2.45, 2.75) is 24.4 Å². The Balaban J connectivity index is 0.00000420. The molecule has 1 heterocycles. The first-order chi connectivity index (χ1) is 13.1. The summed E-state index contributed by atoms with van der Waals surface area (Å²) in [5.74, 6) is 1.10. The van der Waals surface area contributed by atoms with E-state index in [2.05, 4.69) is 15.6 Å². The summed E-state index contributed by atoms with van der Waals surface area (Å²) in [7, 11) is -3.70. The largest absolute Gasteiger partial charge is 0.511 e. The quantitative estimate of drug-likeness (QED) is 0.238. The normalized spacial score (nSPS) is 16.8. The Labute approximate surface area is 190 Å². The van der Waals surface area contributed by atoms with Gasteiger partial charge in [0.25, 0.3) is 0 Å². The molecule has 0 amide bonds. The lowest BCUT2D eigenvalue weighted by Crippen LogP contribution is -2.52. The van der Waals surface area contributed by atoms with Crippen LogP contribution in [0.3, 0.4) is 0 Å². The fraction of sp³-hybridized carbons (Fsp3) is 0.562. The molecule has 29 heavy (non-hydrogen) atoms. The Bertz CT molecular complexity index is 788. The molecule has 1 aromatic rings. The maximum Gasteiger partial charge on any atom is 0.511 e. The van der Waals surface area contributed by atoms with Gasteiger partial charge in [-0.1, -0.05) is 17.7 Å². The van der Waals surface area contributed by atoms with E-state index in [-0.39, 0.29) is 55.9 Å². The summed E-state index contributed by atoms with van der Waals surface area (Å²) in [6.07, 6.45) is 0.490. The first kappa shape index (κ1) is 26.0. The second-order valence-corrected chi connectivity index (χ2v) is 8.44. The smallest absolute Gasteiger partial charge is 0.492 e. The SMILES string of the molecule is CN=C(NCCOc1cccc(Cl)c1)NC1CCN(S(=O)(=O)C(F)(F)F)CC1.I. The van der Waals surface area contributed by atoms with Crippen molar-refractivity contribution in [1.29, 1.82) is 0 Å². The third kappa shape index (κ3) is 7.64. The van der Waals surface area contributed by atoms with Gasteiger partial charge < -0.3 is 15.4 Å². The zero-order valence-electron chi connectivity index (χ0n) is 15.6. The molecule has 0 spiro atoms. The number of hydrogen-bond donors (Lipinski definition) is 2. The number of benzene rings is 1. The average Bonchev–Trinajstić information content (AvgIpc) is 2.63. The van der Waals surface area contributed by atoms with Gasteiger partial charge in [-0.05, 0) is 31.0 Å². The Hall–Kier alpha value is -0.990. The van der Waals surface area contributed by atoms with Crippen molar-refractivity contribution in [3.05, 3.63) is 29.3 Å². The number of halogens is 5. The molecular weight excluding hydrogens is 548 g/mol. The van der Waals surface area contributed by atoms with Crippen molar-refractivity contribution < 1.29 is 26.3 Å². The molecule has 1 saturated heterocycles. The molecule has 13 heteroatoms. The van der Waals surface area contributed by atoms with E-state index in [0.29, 0.717) is 34.2 Å². The summed E-state index contributed by atoms with van der Waals surface area (Å²) in [6, 6.07) is 6.81. The summed E-state index contributed by atoms with van der Waals surface area (Å²) < 4.78 is 66.7. The highest BCUT2D eigenvalue weighted by molar-refractivity contribution is 14.0. The minimum absolute atomic E-state index is 0. The van der Waals surface area contributed by atoms with Gasteiger partial charge >= 0.3 is 15.5 Å². The molecule has 0 saturated carbocycles. The van der Waals surface area contributed by atoms with Crippen molar-refractivity contribution in [3.8, 4) is 5.75 Å². The first-order valence-corrected chi connectivity index (χ1v) is 10.4. The fourth-order valence-corrected chi connectivity index (χ4v) is 3.83. The van der Waals surface area contributed by atoms with Crippen LogP contribution in [0.5, 0.6) is 5.75 Å². The van der Waals surface area contributed by atoms with Gasteiger partial charge in [-0.15, -0.1) is 24.0 Å². The van der Waals surface area contributed by atoms with Crippen molar-refractivity contribution in [3.63, 3.8) is 0 Å². The molecule has 166 valence electrons. The number of ether oxygens (including phenoxy) is 1. The predicted molar refractivity (Wildman–Crippen MR) is 116 cm³/mol. The zero-order valence-corrected chi connectivity index (χ0v) is 19.5. The standard InChI is InChI=1S/C16H22ClF3N4O3S.HI/c1-21-15(22-7-10-27-14-4-2-3-12(17)11-14)23-13-5-8-24(9-6-13)28(25,26)16(18,19)20;/h2-4,11,13H,5-10H2,1H3,(H2,21,22,23);1H. The van der Waals surface area contributed by atoms with Gasteiger partial charge in [-0.25, -0.2) is 8.42 Å². The monoisotopic (exact) mass is 570 g/mol. The molecule has 2 N–H and O–H groups in total. The summed E-state index contributed by atoms with van der Waals surface area (Å²) in [5.41, 5.74) is -5.27. The van der Waals surface area contributed by atoms with E-state index < -0.39 is 15.5 Å². The van der Waals surface area contributed by atoms with Crippen LogP contribution in [-0.4, -0.2) is 63.5 Å². The van der Waals surface area contributed by atoms with Crippen LogP contribution in [-0.2, 0) is 10.0 Å². The molecule has 2 rings (SSSR count). The number of nitrogens with one attached hydrogen (secondary N) is 2. The van der Waals surface area contributed by atoms with Crippen LogP contribution >= 0.6 is 35.6 Å². The highest BCUT2D eigenvalue weighted by Crippen LogP contribution is 2.28. The summed E-state index contributed by atoms with van der Waals surface area (Å²) in [5, 5.41) is 6.69. The third-order valence-corrected chi connectivity index (χ3v) is 5.98. The van der Waals surface area contributed by atoms with E-state index >= 15 is 0 Å². The summed E-state index contributed by atoms with van der Waals surface area (Å²) >= 11 is 5.87. The van der Waals surface area contributed by atoms with Gasteiger partial charge in [0.1, 0.15) is 12.4 Å². The minimum atomic E-state index is -5.27. The molecule has 0 aliphatic carbocycles. The highest BCUT2D eigenvalue weighted by Gasteiger charge is 2.50. The van der Waals surface area contributed by atoms with Gasteiger partial charge in [0.15, 0.2) is 5.96 Å². The lowest BCUT2D eigenvalue weighted by molar-refractivity contribution is -0.0494. The van der Waals surface area contributed by atoms with E-state index in [1.807, 2.05) is 0 Å². The Morgan fingerprint density at radius 3 is 2.55 bits per heavy atom. The number of sulfonamides is 1. The van der Waals surface area contributed by atoms with E-state index in [1.165, 1.54) is 0 Å². The number of nitrogens with zero attached hydrogens (tertiary/aromatic N) is 2. The van der Waals surface area contributed by atoms with E-state index in [1.54, 1.807) is 31.3 Å². The second kappa shape index (κ2) is 11.4. The number of aliphatic imine (C=N–C) groups is 1. The molecule has 0 bridgehead atoms. The fourth-order valence-electron chi connectivity index (χ4n) is 2.67. The van der Waals surface area contributed by atoms with Gasteiger partial charge in [-0.3, -0.25) is 4.99 Å². The Kier molecular flexibility index (Phi) is 10.3. The number of rotatable bonds is 6. The van der Waals surface area contributed by atoms with Crippen LogP contribution in [0.1, 0.15) is 12.8 Å². The predicted octanol–water partition coefficient (Wildman–Crippen LogP) is 2.82. The van der Waals surface area contributed by atoms with Gasteiger partial charge in [0.2, 0.25) is 0 Å². The van der Waals surface area contributed by atoms with Crippen molar-refractivity contribution in [2.24, 2.45) is 4.99 Å². The minimum Gasteiger partial charge on any atom is -0.492 e. The third-order valence-electron chi connectivity index (χ3n) is 4.11. The van der Waals surface area contributed by atoms with Crippen molar-refractivity contribution in [2.75, 3.05) is 33.3 Å². The molecule has 0 unspecified atom stereocenters. The maximum absolute atomic E-state index is 12.6. The number of guanidine groups is 1. The van der Waals surface area contributed by atoms with Crippen LogP contribution in [0.25, 0.3) is 0 Å². The van der Waals surface area contributed by atoms with Crippen molar-refractivity contribution >= 4 is 51.6 Å². The van der Waals surface area contributed by atoms with Crippen LogP contribution in [0, 0.1) is 0 Å². The average molecular weight is 571 g/mol.